The first-order valence-electron chi connectivity index (χ1n) is 10.5. The maximum absolute atomic E-state index is 14.5. The number of nitrogens with one attached hydrogen (secondary N) is 1. The lowest BCUT2D eigenvalue weighted by Crippen LogP contribution is -2.52. The molecule has 9 heteroatoms. The molecule has 1 unspecified atom stereocenters. The zero-order valence-corrected chi connectivity index (χ0v) is 17.5. The molecule has 6 nitrogen and oxygen atoms in total. The summed E-state index contributed by atoms with van der Waals surface area (Å²) in [5.41, 5.74) is 0.702. The van der Waals surface area contributed by atoms with Gasteiger partial charge in [0.05, 0.1) is 1.37 Å². The van der Waals surface area contributed by atoms with Crippen LogP contribution in [0.5, 0.6) is 0 Å². The van der Waals surface area contributed by atoms with Crippen LogP contribution in [0, 0.1) is 0 Å². The molecule has 0 aliphatic carbocycles. The van der Waals surface area contributed by atoms with Crippen molar-refractivity contribution in [2.75, 3.05) is 0 Å². The van der Waals surface area contributed by atoms with Crippen LogP contribution in [0.2, 0.25) is 5.02 Å². The smallest absolute Gasteiger partial charge is 0.322 e. The molecule has 0 radical (unpaired) electrons. The number of carbonyl (C=O) groups is 4. The summed E-state index contributed by atoms with van der Waals surface area (Å²) in [6.07, 6.45) is -0.263. The van der Waals surface area contributed by atoms with Crippen molar-refractivity contribution in [3.63, 3.8) is 0 Å². The number of benzene rings is 2. The second kappa shape index (κ2) is 8.43. The lowest BCUT2D eigenvalue weighted by Gasteiger charge is -2.29. The van der Waals surface area contributed by atoms with Crippen LogP contribution in [-0.4, -0.2) is 34.4 Å². The number of aryl methyl sites for hydroxylation is 1. The largest absolute Gasteiger partial charge is 0.330 e. The molecule has 1 atom stereocenters. The second-order valence-corrected chi connectivity index (χ2v) is 8.24. The van der Waals surface area contributed by atoms with E-state index in [1.54, 1.807) is 6.07 Å². The first-order chi connectivity index (χ1) is 15.6. The van der Waals surface area contributed by atoms with Gasteiger partial charge in [-0.15, -0.1) is 0 Å². The van der Waals surface area contributed by atoms with Crippen molar-refractivity contribution in [2.24, 2.45) is 0 Å². The lowest BCUT2D eigenvalue weighted by molar-refractivity contribution is -0.144. The topological polar surface area (TPSA) is 83.6 Å². The molecule has 0 spiro atoms. The Bertz CT molecular complexity index is 1170. The molecule has 1 fully saturated rings. The fourth-order valence-electron chi connectivity index (χ4n) is 3.93. The predicted octanol–water partition coefficient (Wildman–Crippen LogP) is 3.39. The number of alkyl halides is 2. The van der Waals surface area contributed by atoms with Gasteiger partial charge in [0.15, 0.2) is 0 Å². The van der Waals surface area contributed by atoms with Gasteiger partial charge in [-0.2, -0.15) is 8.78 Å². The number of piperidine rings is 1. The van der Waals surface area contributed by atoms with Gasteiger partial charge in [0.2, 0.25) is 17.6 Å². The van der Waals surface area contributed by atoms with Gasteiger partial charge >= 0.3 is 5.92 Å². The van der Waals surface area contributed by atoms with Crippen LogP contribution in [0.3, 0.4) is 0 Å². The van der Waals surface area contributed by atoms with Gasteiger partial charge in [0.1, 0.15) is 6.04 Å². The molecular weight excluding hydrogens is 442 g/mol. The van der Waals surface area contributed by atoms with Crippen LogP contribution in [0.1, 0.15) is 47.7 Å². The van der Waals surface area contributed by atoms with E-state index in [2.05, 4.69) is 5.32 Å². The fourth-order valence-corrected chi connectivity index (χ4v) is 4.05. The molecule has 1 saturated heterocycles. The normalized spacial score (nSPS) is 19.0. The Hall–Kier alpha value is -3.13. The van der Waals surface area contributed by atoms with Crippen LogP contribution in [0.4, 0.5) is 8.78 Å². The number of halogens is 3. The first kappa shape index (κ1) is 20.8. The highest BCUT2D eigenvalue weighted by Gasteiger charge is 2.41. The molecule has 32 heavy (non-hydrogen) atoms. The van der Waals surface area contributed by atoms with E-state index in [9.17, 15) is 28.0 Å². The average Bonchev–Trinajstić information content (AvgIpc) is 3.07. The Labute approximate surface area is 188 Å². The number of rotatable bonds is 6. The number of fused-ring (bicyclic) bond motifs is 1. The molecular formula is C23H19ClF2N2O4. The highest BCUT2D eigenvalue weighted by Crippen LogP contribution is 2.32. The Balaban J connectivity index is 1.48. The molecule has 2 aliphatic rings. The maximum atomic E-state index is 14.5. The third-order valence-electron chi connectivity index (χ3n) is 5.69. The van der Waals surface area contributed by atoms with Gasteiger partial charge in [-0.25, -0.2) is 0 Å². The van der Waals surface area contributed by atoms with E-state index in [-0.39, 0.29) is 42.4 Å². The summed E-state index contributed by atoms with van der Waals surface area (Å²) in [5.74, 6) is -6.34. The van der Waals surface area contributed by atoms with E-state index in [0.717, 1.165) is 12.1 Å². The van der Waals surface area contributed by atoms with Crippen molar-refractivity contribution in [1.29, 1.82) is 0 Å². The van der Waals surface area contributed by atoms with Crippen molar-refractivity contribution in [3.05, 3.63) is 69.7 Å². The fraction of sp³-hybridized carbons (Fsp3) is 0.304. The van der Waals surface area contributed by atoms with Gasteiger partial charge in [0.25, 0.3) is 5.91 Å². The van der Waals surface area contributed by atoms with E-state index in [1.165, 1.54) is 23.1 Å². The standard InChI is InChI=1S/C23H19ClF2N2O4/c24-16-5-3-15(4-6-16)23(25,26)19(29)9-2-13-1-7-17-14(11-13)12-28(22(17)32)18-8-10-20(30)27-21(18)31/h1,3-7,11,18H,2,8-10,12H2,(H,27,30,31)/i1D. The molecule has 0 aromatic heterocycles. The summed E-state index contributed by atoms with van der Waals surface area (Å²) in [6.45, 7) is 0.0998. The monoisotopic (exact) mass is 461 g/mol. The summed E-state index contributed by atoms with van der Waals surface area (Å²) in [6, 6.07) is 6.81. The van der Waals surface area contributed by atoms with Crippen molar-refractivity contribution >= 4 is 35.1 Å². The van der Waals surface area contributed by atoms with E-state index in [0.29, 0.717) is 11.1 Å². The first-order valence-corrected chi connectivity index (χ1v) is 10.4. The van der Waals surface area contributed by atoms with E-state index >= 15 is 0 Å². The second-order valence-electron chi connectivity index (χ2n) is 7.80. The third kappa shape index (κ3) is 4.14. The molecule has 166 valence electrons. The lowest BCUT2D eigenvalue weighted by atomic mass is 9.97. The maximum Gasteiger partial charge on any atom is 0.330 e. The highest BCUT2D eigenvalue weighted by molar-refractivity contribution is 6.30. The minimum absolute atomic E-state index is 0.0465. The van der Waals surface area contributed by atoms with Crippen molar-refractivity contribution in [2.45, 2.75) is 44.2 Å². The van der Waals surface area contributed by atoms with Gasteiger partial charge < -0.3 is 4.90 Å². The van der Waals surface area contributed by atoms with Crippen molar-refractivity contribution in [3.8, 4) is 0 Å². The van der Waals surface area contributed by atoms with Crippen LogP contribution in [0.25, 0.3) is 0 Å². The Morgan fingerprint density at radius 2 is 1.94 bits per heavy atom. The summed E-state index contributed by atoms with van der Waals surface area (Å²) >= 11 is 5.72. The molecule has 2 aliphatic heterocycles. The van der Waals surface area contributed by atoms with Gasteiger partial charge in [-0.1, -0.05) is 35.8 Å². The Kier molecular flexibility index (Phi) is 5.46. The van der Waals surface area contributed by atoms with Crippen LogP contribution < -0.4 is 5.32 Å². The van der Waals surface area contributed by atoms with Gasteiger partial charge in [0, 0.05) is 35.5 Å². The van der Waals surface area contributed by atoms with Crippen molar-refractivity contribution in [1.82, 2.24) is 10.2 Å². The molecule has 4 rings (SSSR count). The minimum atomic E-state index is -3.69. The number of hydrogen-bond donors (Lipinski definition) is 1. The number of ketones is 1. The van der Waals surface area contributed by atoms with Crippen LogP contribution in [-0.2, 0) is 33.3 Å². The number of carbonyl (C=O) groups excluding carboxylic acids is 4. The number of nitrogens with zero attached hydrogens (tertiary/aromatic N) is 1. The van der Waals surface area contributed by atoms with E-state index in [1.807, 2.05) is 0 Å². The summed E-state index contributed by atoms with van der Waals surface area (Å²) < 4.78 is 37.2. The molecule has 0 bridgehead atoms. The van der Waals surface area contributed by atoms with Crippen LogP contribution in [0.15, 0.2) is 42.4 Å². The number of hydrogen-bond acceptors (Lipinski definition) is 4. The summed E-state index contributed by atoms with van der Waals surface area (Å²) in [4.78, 5) is 49.9. The number of imide groups is 1. The zero-order valence-electron chi connectivity index (χ0n) is 17.8. The molecule has 2 heterocycles. The van der Waals surface area contributed by atoms with Crippen molar-refractivity contribution < 1.29 is 29.3 Å². The summed E-state index contributed by atoms with van der Waals surface area (Å²) in [7, 11) is 0. The van der Waals surface area contributed by atoms with Crippen LogP contribution >= 0.6 is 11.6 Å². The third-order valence-corrected chi connectivity index (χ3v) is 5.94. The molecule has 3 amide bonds. The van der Waals surface area contributed by atoms with Gasteiger partial charge in [-0.05, 0) is 42.2 Å². The molecule has 1 N–H and O–H groups in total. The Morgan fingerprint density at radius 1 is 1.22 bits per heavy atom. The SMILES string of the molecule is [2H]c1cc2c(cc1CCC(=O)C(F)(F)c1ccc(Cl)cc1)CN(C1CCC(=O)NC1=O)C2=O. The quantitative estimate of drug-likeness (QED) is 0.668. The minimum Gasteiger partial charge on any atom is -0.322 e. The van der Waals surface area contributed by atoms with E-state index < -0.39 is 47.5 Å². The number of Topliss-reactive ketones (excluding diaryl/α,β-unsaturated/α-hetero) is 1. The zero-order chi connectivity index (χ0) is 23.9. The van der Waals surface area contributed by atoms with E-state index in [4.69, 9.17) is 13.0 Å². The predicted molar refractivity (Wildman–Crippen MR) is 111 cm³/mol. The molecule has 2 aromatic rings. The van der Waals surface area contributed by atoms with Gasteiger partial charge in [-0.3, -0.25) is 24.5 Å². The molecule has 2 aromatic carbocycles. The molecule has 0 saturated carbocycles. The summed E-state index contributed by atoms with van der Waals surface area (Å²) in [5, 5.41) is 2.49. The number of amides is 3. The highest BCUT2D eigenvalue weighted by atomic mass is 35.5. The average molecular weight is 462 g/mol. The Morgan fingerprint density at radius 3 is 2.62 bits per heavy atom.